The van der Waals surface area contributed by atoms with Crippen LogP contribution >= 0.6 is 0 Å². The second-order valence-corrected chi connectivity index (χ2v) is 4.78. The molecule has 0 radical (unpaired) electrons. The number of benzene rings is 1. The fourth-order valence-corrected chi connectivity index (χ4v) is 2.22. The highest BCUT2D eigenvalue weighted by molar-refractivity contribution is 5.48. The molecule has 1 aromatic heterocycles. The van der Waals surface area contributed by atoms with Crippen molar-refractivity contribution in [3.05, 3.63) is 48.2 Å². The van der Waals surface area contributed by atoms with E-state index in [-0.39, 0.29) is 0 Å². The van der Waals surface area contributed by atoms with E-state index in [2.05, 4.69) is 53.3 Å². The highest BCUT2D eigenvalue weighted by Crippen LogP contribution is 2.16. The Kier molecular flexibility index (Phi) is 5.43. The number of ether oxygens (including phenoxy) is 1. The Hall–Kier alpha value is -2.23. The first kappa shape index (κ1) is 15.2. The molecule has 0 saturated heterocycles. The van der Waals surface area contributed by atoms with Crippen LogP contribution in [0, 0.1) is 0 Å². The first-order chi connectivity index (χ1) is 10.3. The molecule has 0 bridgehead atoms. The molecule has 0 aliphatic heterocycles. The van der Waals surface area contributed by atoms with E-state index >= 15 is 0 Å². The summed E-state index contributed by atoms with van der Waals surface area (Å²) < 4.78 is 5.05. The smallest absolute Gasteiger partial charge is 0.213 e. The van der Waals surface area contributed by atoms with Crippen molar-refractivity contribution in [1.29, 1.82) is 0 Å². The number of hydrogen-bond acceptors (Lipinski definition) is 4. The van der Waals surface area contributed by atoms with E-state index < -0.39 is 0 Å². The number of nitrogens with one attached hydrogen (secondary N) is 1. The Labute approximate surface area is 126 Å². The zero-order valence-electron chi connectivity index (χ0n) is 13.0. The van der Waals surface area contributed by atoms with Crippen molar-refractivity contribution in [1.82, 2.24) is 4.98 Å². The van der Waals surface area contributed by atoms with Gasteiger partial charge in [0.2, 0.25) is 5.88 Å². The third-order valence-corrected chi connectivity index (χ3v) is 3.51. The Morgan fingerprint density at radius 1 is 1.05 bits per heavy atom. The van der Waals surface area contributed by atoms with Crippen LogP contribution in [0.1, 0.15) is 19.4 Å². The molecule has 112 valence electrons. The lowest BCUT2D eigenvalue weighted by molar-refractivity contribution is 0.398. The number of aromatic nitrogens is 1. The molecule has 1 aromatic carbocycles. The van der Waals surface area contributed by atoms with Crippen LogP contribution in [0.15, 0.2) is 42.6 Å². The summed E-state index contributed by atoms with van der Waals surface area (Å²) in [4.78, 5) is 6.52. The van der Waals surface area contributed by atoms with Crippen molar-refractivity contribution in [2.24, 2.45) is 0 Å². The first-order valence-corrected chi connectivity index (χ1v) is 7.34. The molecule has 0 aliphatic rings. The normalized spacial score (nSPS) is 10.2. The van der Waals surface area contributed by atoms with Gasteiger partial charge in [0.25, 0.3) is 0 Å². The lowest BCUT2D eigenvalue weighted by Crippen LogP contribution is -2.21. The molecule has 0 fully saturated rings. The Balaban J connectivity index is 1.93. The molecule has 2 aromatic rings. The summed E-state index contributed by atoms with van der Waals surface area (Å²) in [6, 6.07) is 12.5. The van der Waals surface area contributed by atoms with E-state index in [9.17, 15) is 0 Å². The molecular weight excluding hydrogens is 262 g/mol. The minimum Gasteiger partial charge on any atom is -0.481 e. The number of methoxy groups -OCH3 is 1. The zero-order chi connectivity index (χ0) is 15.1. The summed E-state index contributed by atoms with van der Waals surface area (Å²) in [7, 11) is 1.62. The van der Waals surface area contributed by atoms with Crippen LogP contribution < -0.4 is 15.0 Å². The Morgan fingerprint density at radius 2 is 1.76 bits per heavy atom. The van der Waals surface area contributed by atoms with Crippen LogP contribution in [0.4, 0.5) is 11.4 Å². The monoisotopic (exact) mass is 285 g/mol. The van der Waals surface area contributed by atoms with Gasteiger partial charge >= 0.3 is 0 Å². The summed E-state index contributed by atoms with van der Waals surface area (Å²) in [5.74, 6) is 0.629. The molecule has 0 aliphatic carbocycles. The van der Waals surface area contributed by atoms with Crippen LogP contribution in [-0.4, -0.2) is 25.2 Å². The van der Waals surface area contributed by atoms with Gasteiger partial charge in [-0.05, 0) is 37.6 Å². The van der Waals surface area contributed by atoms with E-state index in [0.717, 1.165) is 25.3 Å². The summed E-state index contributed by atoms with van der Waals surface area (Å²) in [5, 5.41) is 3.36. The lowest BCUT2D eigenvalue weighted by Gasteiger charge is -2.21. The van der Waals surface area contributed by atoms with Gasteiger partial charge in [-0.2, -0.15) is 0 Å². The molecule has 21 heavy (non-hydrogen) atoms. The van der Waals surface area contributed by atoms with Gasteiger partial charge in [-0.1, -0.05) is 12.1 Å². The highest BCUT2D eigenvalue weighted by atomic mass is 16.5. The predicted molar refractivity (Wildman–Crippen MR) is 88.1 cm³/mol. The molecule has 0 amide bonds. The van der Waals surface area contributed by atoms with Crippen molar-refractivity contribution in [2.45, 2.75) is 20.4 Å². The molecular formula is C17H23N3O. The molecule has 4 heteroatoms. The van der Waals surface area contributed by atoms with Gasteiger partial charge in [0.15, 0.2) is 0 Å². The van der Waals surface area contributed by atoms with Gasteiger partial charge < -0.3 is 15.0 Å². The highest BCUT2D eigenvalue weighted by Gasteiger charge is 2.01. The zero-order valence-corrected chi connectivity index (χ0v) is 13.0. The van der Waals surface area contributed by atoms with Gasteiger partial charge in [-0.15, -0.1) is 0 Å². The second-order valence-electron chi connectivity index (χ2n) is 4.78. The maximum atomic E-state index is 5.05. The van der Waals surface area contributed by atoms with Crippen molar-refractivity contribution >= 4 is 11.4 Å². The first-order valence-electron chi connectivity index (χ1n) is 7.34. The van der Waals surface area contributed by atoms with E-state index in [0.29, 0.717) is 5.88 Å². The van der Waals surface area contributed by atoms with Crippen molar-refractivity contribution in [3.8, 4) is 5.88 Å². The minimum absolute atomic E-state index is 0.629. The maximum absolute atomic E-state index is 5.05. The average Bonchev–Trinajstić information content (AvgIpc) is 2.55. The molecule has 1 N–H and O–H groups in total. The Bertz CT molecular complexity index is 533. The van der Waals surface area contributed by atoms with E-state index in [1.165, 1.54) is 11.3 Å². The molecule has 2 rings (SSSR count). The van der Waals surface area contributed by atoms with E-state index in [1.807, 2.05) is 12.1 Å². The molecule has 1 heterocycles. The number of pyridine rings is 1. The van der Waals surface area contributed by atoms with E-state index in [1.54, 1.807) is 13.3 Å². The lowest BCUT2D eigenvalue weighted by atomic mass is 10.2. The van der Waals surface area contributed by atoms with Gasteiger partial charge in [0, 0.05) is 31.4 Å². The van der Waals surface area contributed by atoms with Gasteiger partial charge in [0.05, 0.1) is 19.0 Å². The molecule has 0 saturated carbocycles. The van der Waals surface area contributed by atoms with Crippen LogP contribution in [0.25, 0.3) is 0 Å². The standard InChI is InChI=1S/C17H23N3O/c1-4-20(5-2)16-9-6-14(7-10-16)12-18-15-8-11-17(21-3)19-13-15/h6-11,13,18H,4-5,12H2,1-3H3. The Morgan fingerprint density at radius 3 is 2.29 bits per heavy atom. The fourth-order valence-electron chi connectivity index (χ4n) is 2.22. The largest absolute Gasteiger partial charge is 0.481 e. The van der Waals surface area contributed by atoms with Crippen LogP contribution in [0.3, 0.4) is 0 Å². The van der Waals surface area contributed by atoms with Crippen LogP contribution in [0.5, 0.6) is 5.88 Å². The molecule has 0 spiro atoms. The predicted octanol–water partition coefficient (Wildman–Crippen LogP) is 3.55. The SMILES string of the molecule is CCN(CC)c1ccc(CNc2ccc(OC)nc2)cc1. The summed E-state index contributed by atoms with van der Waals surface area (Å²) in [6.45, 7) is 7.20. The number of hydrogen-bond donors (Lipinski definition) is 1. The van der Waals surface area contributed by atoms with Crippen molar-refractivity contribution in [2.75, 3.05) is 30.4 Å². The van der Waals surface area contributed by atoms with Crippen LogP contribution in [-0.2, 0) is 6.54 Å². The third-order valence-electron chi connectivity index (χ3n) is 3.51. The summed E-state index contributed by atoms with van der Waals surface area (Å²) in [6.07, 6.45) is 1.78. The van der Waals surface area contributed by atoms with Gasteiger partial charge in [-0.25, -0.2) is 4.98 Å². The number of rotatable bonds is 7. The number of anilines is 2. The summed E-state index contributed by atoms with van der Waals surface area (Å²) >= 11 is 0. The van der Waals surface area contributed by atoms with E-state index in [4.69, 9.17) is 4.74 Å². The third kappa shape index (κ3) is 4.12. The topological polar surface area (TPSA) is 37.4 Å². The molecule has 0 atom stereocenters. The van der Waals surface area contributed by atoms with Crippen LogP contribution in [0.2, 0.25) is 0 Å². The fraction of sp³-hybridized carbons (Fsp3) is 0.353. The average molecular weight is 285 g/mol. The van der Waals surface area contributed by atoms with Crippen molar-refractivity contribution in [3.63, 3.8) is 0 Å². The maximum Gasteiger partial charge on any atom is 0.213 e. The molecule has 0 unspecified atom stereocenters. The quantitative estimate of drug-likeness (QED) is 0.844. The van der Waals surface area contributed by atoms with Crippen molar-refractivity contribution < 1.29 is 4.74 Å². The molecule has 4 nitrogen and oxygen atoms in total. The van der Waals surface area contributed by atoms with Gasteiger partial charge in [-0.3, -0.25) is 0 Å². The number of nitrogens with zero attached hydrogens (tertiary/aromatic N) is 2. The minimum atomic E-state index is 0.629. The van der Waals surface area contributed by atoms with Gasteiger partial charge in [0.1, 0.15) is 0 Å². The second kappa shape index (κ2) is 7.53. The summed E-state index contributed by atoms with van der Waals surface area (Å²) in [5.41, 5.74) is 3.51.